The van der Waals surface area contributed by atoms with Gasteiger partial charge in [0, 0.05) is 19.0 Å². The molecule has 0 aromatic heterocycles. The van der Waals surface area contributed by atoms with Gasteiger partial charge in [0.05, 0.1) is 0 Å². The Bertz CT molecular complexity index is 397. The number of nitrogens with one attached hydrogen (secondary N) is 2. The Kier molecular flexibility index (Phi) is 8.70. The Morgan fingerprint density at radius 1 is 1.37 bits per heavy atom. The molecular weight excluding hydrogens is 244 g/mol. The van der Waals surface area contributed by atoms with Crippen molar-refractivity contribution in [1.29, 1.82) is 0 Å². The van der Waals surface area contributed by atoms with Crippen molar-refractivity contribution in [3.05, 3.63) is 36.5 Å². The first kappa shape index (κ1) is 16.8. The van der Waals surface area contributed by atoms with E-state index in [0.717, 1.165) is 0 Å². The molecule has 0 saturated heterocycles. The second kappa shape index (κ2) is 9.82. The third-order valence-electron chi connectivity index (χ3n) is 2.35. The molecule has 0 radical (unpaired) electrons. The maximum Gasteiger partial charge on any atom is 0.251 e. The number of hydrogen-bond donors (Lipinski definition) is 2. The Balaban J connectivity index is 4.85. The second-order valence-corrected chi connectivity index (χ2v) is 3.74. The normalized spacial score (nSPS) is 12.8. The van der Waals surface area contributed by atoms with E-state index in [2.05, 4.69) is 17.2 Å². The lowest BCUT2D eigenvalue weighted by Crippen LogP contribution is -2.46. The summed E-state index contributed by atoms with van der Waals surface area (Å²) in [7, 11) is 1.48. The van der Waals surface area contributed by atoms with Crippen LogP contribution in [0.15, 0.2) is 36.5 Å². The average molecular weight is 264 g/mol. The Hall–Kier alpha value is -2.17. The second-order valence-electron chi connectivity index (χ2n) is 3.74. The Morgan fingerprint density at radius 3 is 2.53 bits per heavy atom. The fourth-order valence-corrected chi connectivity index (χ4v) is 1.43. The van der Waals surface area contributed by atoms with Crippen molar-refractivity contribution in [2.75, 3.05) is 7.05 Å². The lowest BCUT2D eigenvalue weighted by atomic mass is 10.1. The van der Waals surface area contributed by atoms with E-state index in [1.165, 1.54) is 13.1 Å². The summed E-state index contributed by atoms with van der Waals surface area (Å²) < 4.78 is 0. The molecule has 104 valence electrons. The van der Waals surface area contributed by atoms with Crippen molar-refractivity contribution in [3.63, 3.8) is 0 Å². The van der Waals surface area contributed by atoms with Crippen molar-refractivity contribution in [3.8, 4) is 0 Å². The van der Waals surface area contributed by atoms with Crippen molar-refractivity contribution in [1.82, 2.24) is 10.6 Å². The highest BCUT2D eigenvalue weighted by atomic mass is 16.2. The SMILES string of the molecule is C=C/C=C(\C=C/C)C(=O)NC(CCC=O)C(=O)NC. The molecule has 1 unspecified atom stereocenters. The molecule has 0 bridgehead atoms. The molecular formula is C14H20N2O3. The first-order valence-corrected chi connectivity index (χ1v) is 6.02. The minimum atomic E-state index is -0.721. The molecule has 0 saturated carbocycles. The van der Waals surface area contributed by atoms with Crippen molar-refractivity contribution >= 4 is 18.1 Å². The molecule has 0 fully saturated rings. The number of allylic oxidation sites excluding steroid dienone is 3. The molecule has 19 heavy (non-hydrogen) atoms. The van der Waals surface area contributed by atoms with Gasteiger partial charge < -0.3 is 15.4 Å². The van der Waals surface area contributed by atoms with Gasteiger partial charge >= 0.3 is 0 Å². The molecule has 2 amide bonds. The van der Waals surface area contributed by atoms with E-state index in [1.807, 2.05) is 0 Å². The standard InChI is InChI=1S/C14H20N2O3/c1-4-7-11(8-5-2)13(18)16-12(9-6-10-17)14(19)15-3/h4-5,7-8,10,12H,1,6,9H2,2-3H3,(H,15,19)(H,16,18)/b8-5-,11-7+. The molecule has 0 aromatic carbocycles. The van der Waals surface area contributed by atoms with Crippen LogP contribution in [-0.2, 0) is 14.4 Å². The van der Waals surface area contributed by atoms with Gasteiger partial charge in [-0.1, -0.05) is 30.9 Å². The van der Waals surface area contributed by atoms with Crippen LogP contribution in [0.4, 0.5) is 0 Å². The van der Waals surface area contributed by atoms with Gasteiger partial charge in [0.25, 0.3) is 5.91 Å². The molecule has 5 heteroatoms. The molecule has 1 atom stereocenters. The van der Waals surface area contributed by atoms with E-state index in [1.54, 1.807) is 25.2 Å². The highest BCUT2D eigenvalue weighted by molar-refractivity contribution is 5.99. The summed E-state index contributed by atoms with van der Waals surface area (Å²) >= 11 is 0. The molecule has 5 nitrogen and oxygen atoms in total. The summed E-state index contributed by atoms with van der Waals surface area (Å²) in [5.41, 5.74) is 0.400. The van der Waals surface area contributed by atoms with E-state index >= 15 is 0 Å². The van der Waals surface area contributed by atoms with Crippen LogP contribution in [0.1, 0.15) is 19.8 Å². The van der Waals surface area contributed by atoms with Gasteiger partial charge in [-0.25, -0.2) is 0 Å². The topological polar surface area (TPSA) is 75.3 Å². The molecule has 0 aromatic rings. The first-order chi connectivity index (χ1) is 9.10. The van der Waals surface area contributed by atoms with Crippen LogP contribution in [-0.4, -0.2) is 31.2 Å². The first-order valence-electron chi connectivity index (χ1n) is 6.02. The van der Waals surface area contributed by atoms with Gasteiger partial charge in [-0.15, -0.1) is 0 Å². The number of amides is 2. The zero-order valence-corrected chi connectivity index (χ0v) is 11.3. The Labute approximate surface area is 113 Å². The summed E-state index contributed by atoms with van der Waals surface area (Å²) in [6.45, 7) is 5.31. The average Bonchev–Trinajstić information content (AvgIpc) is 2.42. The summed E-state index contributed by atoms with van der Waals surface area (Å²) in [6, 6.07) is -0.721. The molecule has 0 rings (SSSR count). The summed E-state index contributed by atoms with van der Waals surface area (Å²) in [6.07, 6.45) is 7.58. The molecule has 0 aliphatic heterocycles. The lowest BCUT2D eigenvalue weighted by molar-refractivity contribution is -0.127. The van der Waals surface area contributed by atoms with Gasteiger partial charge in [0.15, 0.2) is 0 Å². The smallest absolute Gasteiger partial charge is 0.251 e. The minimum absolute atomic E-state index is 0.211. The fourth-order valence-electron chi connectivity index (χ4n) is 1.43. The van der Waals surface area contributed by atoms with Gasteiger partial charge in [-0.05, 0) is 13.3 Å². The van der Waals surface area contributed by atoms with E-state index in [0.29, 0.717) is 11.9 Å². The maximum absolute atomic E-state index is 12.0. The molecule has 0 aliphatic carbocycles. The summed E-state index contributed by atoms with van der Waals surface area (Å²) in [5, 5.41) is 5.05. The van der Waals surface area contributed by atoms with Crippen LogP contribution < -0.4 is 10.6 Å². The molecule has 2 N–H and O–H groups in total. The zero-order chi connectivity index (χ0) is 14.7. The van der Waals surface area contributed by atoms with Gasteiger partial charge in [-0.2, -0.15) is 0 Å². The highest BCUT2D eigenvalue weighted by Gasteiger charge is 2.19. The van der Waals surface area contributed by atoms with Crippen LogP contribution in [0.2, 0.25) is 0 Å². The van der Waals surface area contributed by atoms with Crippen molar-refractivity contribution < 1.29 is 14.4 Å². The van der Waals surface area contributed by atoms with Gasteiger partial charge in [0.1, 0.15) is 12.3 Å². The minimum Gasteiger partial charge on any atom is -0.357 e. The van der Waals surface area contributed by atoms with Crippen LogP contribution in [0, 0.1) is 0 Å². The van der Waals surface area contributed by atoms with Gasteiger partial charge in [-0.3, -0.25) is 9.59 Å². The number of rotatable bonds is 8. The molecule has 0 heterocycles. The summed E-state index contributed by atoms with van der Waals surface area (Å²) in [5.74, 6) is -0.703. The maximum atomic E-state index is 12.0. The van der Waals surface area contributed by atoms with E-state index in [9.17, 15) is 14.4 Å². The van der Waals surface area contributed by atoms with Crippen LogP contribution in [0.5, 0.6) is 0 Å². The third kappa shape index (κ3) is 6.35. The zero-order valence-electron chi connectivity index (χ0n) is 11.3. The number of carbonyl (C=O) groups excluding carboxylic acids is 3. The summed E-state index contributed by atoms with van der Waals surface area (Å²) in [4.78, 5) is 33.9. The monoisotopic (exact) mass is 264 g/mol. The lowest BCUT2D eigenvalue weighted by Gasteiger charge is -2.16. The number of aldehydes is 1. The predicted octanol–water partition coefficient (Wildman–Crippen LogP) is 0.885. The molecule has 0 aliphatic rings. The van der Waals surface area contributed by atoms with E-state index in [-0.39, 0.29) is 24.7 Å². The van der Waals surface area contributed by atoms with Crippen molar-refractivity contribution in [2.45, 2.75) is 25.8 Å². The quantitative estimate of drug-likeness (QED) is 0.388. The van der Waals surface area contributed by atoms with Crippen LogP contribution in [0.25, 0.3) is 0 Å². The number of carbonyl (C=O) groups is 3. The van der Waals surface area contributed by atoms with Crippen molar-refractivity contribution in [2.24, 2.45) is 0 Å². The van der Waals surface area contributed by atoms with Gasteiger partial charge in [0.2, 0.25) is 5.91 Å². The van der Waals surface area contributed by atoms with E-state index < -0.39 is 6.04 Å². The van der Waals surface area contributed by atoms with E-state index in [4.69, 9.17) is 0 Å². The predicted molar refractivity (Wildman–Crippen MR) is 74.4 cm³/mol. The third-order valence-corrected chi connectivity index (χ3v) is 2.35. The Morgan fingerprint density at radius 2 is 2.05 bits per heavy atom. The van der Waals surface area contributed by atoms with Crippen LogP contribution in [0.3, 0.4) is 0 Å². The number of likely N-dealkylation sites (N-methyl/N-ethyl adjacent to an activating group) is 1. The fraction of sp³-hybridized carbons (Fsp3) is 0.357. The molecule has 0 spiro atoms. The highest BCUT2D eigenvalue weighted by Crippen LogP contribution is 2.02. The number of hydrogen-bond acceptors (Lipinski definition) is 3. The largest absolute Gasteiger partial charge is 0.357 e. The van der Waals surface area contributed by atoms with Crippen LogP contribution >= 0.6 is 0 Å².